The highest BCUT2D eigenvalue weighted by molar-refractivity contribution is 14.1. The Balaban J connectivity index is 3.29. The largest absolute Gasteiger partial charge is 0.397 e. The molecule has 1 aromatic carbocycles. The van der Waals surface area contributed by atoms with E-state index in [1.54, 1.807) is 0 Å². The van der Waals surface area contributed by atoms with Crippen molar-refractivity contribution in [2.24, 2.45) is 0 Å². The Morgan fingerprint density at radius 1 is 1.29 bits per heavy atom. The molecule has 78 valence electrons. The average Bonchev–Trinajstić information content (AvgIpc) is 2.19. The van der Waals surface area contributed by atoms with Gasteiger partial charge in [-0.15, -0.1) is 0 Å². The van der Waals surface area contributed by atoms with Gasteiger partial charge in [0.25, 0.3) is 0 Å². The molecule has 0 radical (unpaired) electrons. The van der Waals surface area contributed by atoms with Gasteiger partial charge < -0.3 is 11.5 Å². The first-order valence-corrected chi connectivity index (χ1v) is 6.04. The molecule has 0 fully saturated rings. The average molecular weight is 304 g/mol. The summed E-state index contributed by atoms with van der Waals surface area (Å²) < 4.78 is 1.14. The molecule has 0 spiro atoms. The predicted molar refractivity (Wildman–Crippen MR) is 71.4 cm³/mol. The van der Waals surface area contributed by atoms with Crippen molar-refractivity contribution in [3.05, 3.63) is 20.8 Å². The Kier molecular flexibility index (Phi) is 4.04. The van der Waals surface area contributed by atoms with Crippen molar-refractivity contribution in [2.45, 2.75) is 33.1 Å². The first-order valence-electron chi connectivity index (χ1n) is 4.97. The lowest BCUT2D eigenvalue weighted by molar-refractivity contribution is 0.894. The van der Waals surface area contributed by atoms with Crippen molar-refractivity contribution in [1.82, 2.24) is 0 Å². The van der Waals surface area contributed by atoms with Crippen LogP contribution in [0.2, 0.25) is 0 Å². The number of anilines is 2. The third kappa shape index (κ3) is 2.13. The minimum absolute atomic E-state index is 0.714. The van der Waals surface area contributed by atoms with Crippen molar-refractivity contribution in [3.63, 3.8) is 0 Å². The van der Waals surface area contributed by atoms with Gasteiger partial charge in [0.2, 0.25) is 0 Å². The number of aryl methyl sites for hydroxylation is 1. The topological polar surface area (TPSA) is 52.0 Å². The Labute approximate surface area is 99.2 Å². The number of nitrogen functional groups attached to an aromatic ring is 2. The molecule has 0 atom stereocenters. The third-order valence-corrected chi connectivity index (χ3v) is 3.64. The van der Waals surface area contributed by atoms with E-state index in [9.17, 15) is 0 Å². The van der Waals surface area contributed by atoms with Gasteiger partial charge in [-0.25, -0.2) is 0 Å². The zero-order valence-electron chi connectivity index (χ0n) is 8.73. The standard InChI is InChI=1S/C11H17IN2/c1-3-5-8-7(4-2)6-9(13)11(14)10(8)12/h6H,3-5,13-14H2,1-2H3. The van der Waals surface area contributed by atoms with Gasteiger partial charge in [0.1, 0.15) is 0 Å². The van der Waals surface area contributed by atoms with Gasteiger partial charge in [-0.1, -0.05) is 20.3 Å². The van der Waals surface area contributed by atoms with Crippen LogP contribution in [0.15, 0.2) is 6.07 Å². The quantitative estimate of drug-likeness (QED) is 0.666. The van der Waals surface area contributed by atoms with E-state index in [-0.39, 0.29) is 0 Å². The molecule has 0 heterocycles. The maximum absolute atomic E-state index is 5.90. The van der Waals surface area contributed by atoms with Crippen LogP contribution in [-0.2, 0) is 12.8 Å². The summed E-state index contributed by atoms with van der Waals surface area (Å²) in [7, 11) is 0. The van der Waals surface area contributed by atoms with Crippen LogP contribution in [0.25, 0.3) is 0 Å². The SMILES string of the molecule is CCCc1c(CC)cc(N)c(N)c1I. The van der Waals surface area contributed by atoms with Gasteiger partial charge in [-0.3, -0.25) is 0 Å². The lowest BCUT2D eigenvalue weighted by atomic mass is 9.99. The number of benzene rings is 1. The fourth-order valence-corrected chi connectivity index (χ4v) is 2.55. The minimum atomic E-state index is 0.714. The smallest absolute Gasteiger partial charge is 0.0686 e. The van der Waals surface area contributed by atoms with E-state index in [0.717, 1.165) is 28.5 Å². The second kappa shape index (κ2) is 4.87. The second-order valence-electron chi connectivity index (χ2n) is 3.43. The van der Waals surface area contributed by atoms with Crippen LogP contribution in [0.3, 0.4) is 0 Å². The molecule has 3 heteroatoms. The van der Waals surface area contributed by atoms with Crippen LogP contribution < -0.4 is 11.5 Å². The fourth-order valence-electron chi connectivity index (χ4n) is 1.62. The maximum atomic E-state index is 5.90. The fraction of sp³-hybridized carbons (Fsp3) is 0.455. The molecule has 0 aliphatic rings. The van der Waals surface area contributed by atoms with Gasteiger partial charge in [0.05, 0.1) is 11.4 Å². The van der Waals surface area contributed by atoms with Gasteiger partial charge in [-0.05, 0) is 52.6 Å². The summed E-state index contributed by atoms with van der Waals surface area (Å²) in [6.07, 6.45) is 3.26. The summed E-state index contributed by atoms with van der Waals surface area (Å²) in [4.78, 5) is 0. The highest BCUT2D eigenvalue weighted by atomic mass is 127. The highest BCUT2D eigenvalue weighted by Crippen LogP contribution is 2.30. The lowest BCUT2D eigenvalue weighted by Crippen LogP contribution is -2.05. The van der Waals surface area contributed by atoms with E-state index >= 15 is 0 Å². The van der Waals surface area contributed by atoms with E-state index in [2.05, 4.69) is 36.4 Å². The van der Waals surface area contributed by atoms with Gasteiger partial charge in [0.15, 0.2) is 0 Å². The van der Waals surface area contributed by atoms with Gasteiger partial charge >= 0.3 is 0 Å². The molecule has 0 saturated carbocycles. The first-order chi connectivity index (χ1) is 6.61. The summed E-state index contributed by atoms with van der Waals surface area (Å²) in [5, 5.41) is 0. The molecule has 0 amide bonds. The molecule has 0 unspecified atom stereocenters. The summed E-state index contributed by atoms with van der Waals surface area (Å²) >= 11 is 2.30. The molecule has 0 bridgehead atoms. The van der Waals surface area contributed by atoms with Gasteiger partial charge in [-0.2, -0.15) is 0 Å². The van der Waals surface area contributed by atoms with Crippen LogP contribution in [-0.4, -0.2) is 0 Å². The molecular formula is C11H17IN2. The van der Waals surface area contributed by atoms with Crippen LogP contribution in [0.5, 0.6) is 0 Å². The maximum Gasteiger partial charge on any atom is 0.0686 e. The predicted octanol–water partition coefficient (Wildman–Crippen LogP) is 2.97. The number of halogens is 1. The monoisotopic (exact) mass is 304 g/mol. The van der Waals surface area contributed by atoms with Crippen molar-refractivity contribution in [2.75, 3.05) is 11.5 Å². The van der Waals surface area contributed by atoms with Crippen LogP contribution in [0, 0.1) is 3.57 Å². The molecule has 2 nitrogen and oxygen atoms in total. The molecule has 1 aromatic rings. The van der Waals surface area contributed by atoms with Crippen LogP contribution in [0.1, 0.15) is 31.4 Å². The van der Waals surface area contributed by atoms with Gasteiger partial charge in [0, 0.05) is 3.57 Å². The summed E-state index contributed by atoms with van der Waals surface area (Å²) in [6.45, 7) is 4.34. The Hall–Kier alpha value is -0.450. The molecule has 0 aromatic heterocycles. The van der Waals surface area contributed by atoms with Crippen molar-refractivity contribution in [1.29, 1.82) is 0 Å². The molecule has 14 heavy (non-hydrogen) atoms. The van der Waals surface area contributed by atoms with E-state index < -0.39 is 0 Å². The number of hydrogen-bond donors (Lipinski definition) is 2. The first kappa shape index (κ1) is 11.6. The zero-order chi connectivity index (χ0) is 10.7. The number of rotatable bonds is 3. The molecule has 4 N–H and O–H groups in total. The molecule has 0 saturated heterocycles. The Morgan fingerprint density at radius 3 is 2.43 bits per heavy atom. The van der Waals surface area contributed by atoms with Crippen LogP contribution >= 0.6 is 22.6 Å². The van der Waals surface area contributed by atoms with E-state index in [1.165, 1.54) is 11.1 Å². The van der Waals surface area contributed by atoms with E-state index in [4.69, 9.17) is 11.5 Å². The molecule has 0 aliphatic carbocycles. The third-order valence-electron chi connectivity index (χ3n) is 2.41. The van der Waals surface area contributed by atoms with Crippen molar-refractivity contribution < 1.29 is 0 Å². The number of nitrogens with two attached hydrogens (primary N) is 2. The second-order valence-corrected chi connectivity index (χ2v) is 4.51. The normalized spacial score (nSPS) is 10.5. The Morgan fingerprint density at radius 2 is 1.93 bits per heavy atom. The molecule has 1 rings (SSSR count). The lowest BCUT2D eigenvalue weighted by Gasteiger charge is -2.13. The highest BCUT2D eigenvalue weighted by Gasteiger charge is 2.10. The molecule has 0 aliphatic heterocycles. The summed E-state index contributed by atoms with van der Waals surface area (Å²) in [5.74, 6) is 0. The molecular weight excluding hydrogens is 287 g/mol. The van der Waals surface area contributed by atoms with Crippen molar-refractivity contribution in [3.8, 4) is 0 Å². The van der Waals surface area contributed by atoms with Crippen molar-refractivity contribution >= 4 is 34.0 Å². The minimum Gasteiger partial charge on any atom is -0.397 e. The summed E-state index contributed by atoms with van der Waals surface area (Å²) in [6, 6.07) is 2.02. The number of hydrogen-bond acceptors (Lipinski definition) is 2. The Bertz CT molecular complexity index is 335. The van der Waals surface area contributed by atoms with Crippen LogP contribution in [0.4, 0.5) is 11.4 Å². The zero-order valence-corrected chi connectivity index (χ0v) is 10.9. The van der Waals surface area contributed by atoms with E-state index in [0.29, 0.717) is 5.69 Å². The van der Waals surface area contributed by atoms with E-state index in [1.807, 2.05) is 6.07 Å². The summed E-state index contributed by atoms with van der Waals surface area (Å²) in [5.41, 5.74) is 15.9.